The van der Waals surface area contributed by atoms with Crippen LogP contribution in [0.3, 0.4) is 0 Å². The van der Waals surface area contributed by atoms with Crippen LogP contribution in [-0.2, 0) is 0 Å². The van der Waals surface area contributed by atoms with Crippen LogP contribution < -0.4 is 5.32 Å². The van der Waals surface area contributed by atoms with Crippen LogP contribution in [0.5, 0.6) is 0 Å². The van der Waals surface area contributed by atoms with Gasteiger partial charge in [-0.05, 0) is 12.1 Å². The summed E-state index contributed by atoms with van der Waals surface area (Å²) < 4.78 is 0. The van der Waals surface area contributed by atoms with Crippen LogP contribution in [-0.4, -0.2) is 4.98 Å². The highest BCUT2D eigenvalue weighted by Crippen LogP contribution is 2.40. The Hall–Kier alpha value is -0.670. The predicted octanol–water partition coefficient (Wildman–Crippen LogP) is 5.44. The van der Waals surface area contributed by atoms with Crippen molar-refractivity contribution in [3.05, 3.63) is 50.7 Å². The van der Waals surface area contributed by atoms with E-state index >= 15 is 0 Å². The highest BCUT2D eigenvalue weighted by Gasteiger charge is 2.15. The monoisotopic (exact) mass is 306 g/mol. The van der Waals surface area contributed by atoms with Crippen LogP contribution in [0.4, 0.5) is 11.4 Å². The van der Waals surface area contributed by atoms with Gasteiger partial charge in [0.2, 0.25) is 0 Å². The number of anilines is 2. The summed E-state index contributed by atoms with van der Waals surface area (Å²) in [5.74, 6) is 0. The van der Waals surface area contributed by atoms with Gasteiger partial charge in [0.15, 0.2) is 10.3 Å². The van der Waals surface area contributed by atoms with E-state index in [1.165, 1.54) is 0 Å². The Balaban J connectivity index is 2.46. The lowest BCUT2D eigenvalue weighted by molar-refractivity contribution is 1.32. The first-order chi connectivity index (χ1) is 8.09. The van der Waals surface area contributed by atoms with Crippen molar-refractivity contribution in [1.82, 2.24) is 4.98 Å². The smallest absolute Gasteiger partial charge is 0.151 e. The molecule has 1 heterocycles. The predicted molar refractivity (Wildman–Crippen MR) is 74.0 cm³/mol. The molecule has 88 valence electrons. The molecule has 6 heteroatoms. The number of pyridine rings is 1. The van der Waals surface area contributed by atoms with E-state index in [2.05, 4.69) is 10.3 Å². The fourth-order valence-corrected chi connectivity index (χ4v) is 2.08. The highest BCUT2D eigenvalue weighted by atomic mass is 35.5. The van der Waals surface area contributed by atoms with E-state index in [-0.39, 0.29) is 20.4 Å². The molecule has 2 nitrogen and oxygen atoms in total. The van der Waals surface area contributed by atoms with Crippen LogP contribution in [0.2, 0.25) is 20.4 Å². The Bertz CT molecular complexity index is 517. The number of para-hydroxylation sites is 1. The van der Waals surface area contributed by atoms with Gasteiger partial charge in [0.1, 0.15) is 10.0 Å². The topological polar surface area (TPSA) is 24.9 Å². The zero-order valence-electron chi connectivity index (χ0n) is 8.35. The van der Waals surface area contributed by atoms with E-state index in [1.807, 2.05) is 30.3 Å². The Morgan fingerprint density at radius 2 is 1.35 bits per heavy atom. The Kier molecular flexibility index (Phi) is 4.00. The second-order valence-corrected chi connectivity index (χ2v) is 4.66. The van der Waals surface area contributed by atoms with Crippen LogP contribution in [0, 0.1) is 0 Å². The standard InChI is InChI=1S/C11H6Cl4N2/c12-7-9(8(13)11(15)17-10(7)14)16-6-4-2-1-3-5-6/h1-5H,(H,16,17). The van der Waals surface area contributed by atoms with Gasteiger partial charge in [0.25, 0.3) is 0 Å². The van der Waals surface area contributed by atoms with Crippen molar-refractivity contribution in [2.75, 3.05) is 5.32 Å². The number of hydrogen-bond acceptors (Lipinski definition) is 2. The third-order valence-electron chi connectivity index (χ3n) is 2.04. The summed E-state index contributed by atoms with van der Waals surface area (Å²) in [5.41, 5.74) is 1.28. The minimum absolute atomic E-state index is 0.111. The molecule has 1 aromatic heterocycles. The quantitative estimate of drug-likeness (QED) is 0.747. The fourth-order valence-electron chi connectivity index (χ4n) is 1.26. The van der Waals surface area contributed by atoms with Crippen molar-refractivity contribution >= 4 is 57.8 Å². The summed E-state index contributed by atoms with van der Waals surface area (Å²) in [4.78, 5) is 3.80. The van der Waals surface area contributed by atoms with Gasteiger partial charge in [-0.3, -0.25) is 0 Å². The summed E-state index contributed by atoms with van der Waals surface area (Å²) in [6.45, 7) is 0. The molecule has 0 saturated heterocycles. The summed E-state index contributed by atoms with van der Waals surface area (Å²) >= 11 is 23.7. The molecule has 0 radical (unpaired) electrons. The largest absolute Gasteiger partial charge is 0.353 e. The Labute approximate surface area is 118 Å². The van der Waals surface area contributed by atoms with Gasteiger partial charge in [0.05, 0.1) is 5.69 Å². The maximum atomic E-state index is 6.02. The van der Waals surface area contributed by atoms with E-state index in [0.717, 1.165) is 5.69 Å². The van der Waals surface area contributed by atoms with Crippen LogP contribution in [0.15, 0.2) is 30.3 Å². The second kappa shape index (κ2) is 5.32. The number of aromatic nitrogens is 1. The Morgan fingerprint density at radius 1 is 0.824 bits per heavy atom. The average Bonchev–Trinajstić information content (AvgIpc) is 2.33. The first-order valence-corrected chi connectivity index (χ1v) is 6.13. The number of halogens is 4. The lowest BCUT2D eigenvalue weighted by atomic mass is 10.3. The number of nitrogens with zero attached hydrogens (tertiary/aromatic N) is 1. The third kappa shape index (κ3) is 2.78. The zero-order valence-corrected chi connectivity index (χ0v) is 11.4. The molecule has 0 fully saturated rings. The van der Waals surface area contributed by atoms with Gasteiger partial charge in [-0.1, -0.05) is 64.6 Å². The van der Waals surface area contributed by atoms with Crippen molar-refractivity contribution < 1.29 is 0 Å². The summed E-state index contributed by atoms with van der Waals surface area (Å²) in [5, 5.41) is 3.75. The molecule has 0 amide bonds. The summed E-state index contributed by atoms with van der Waals surface area (Å²) in [6.07, 6.45) is 0. The van der Waals surface area contributed by atoms with Crippen LogP contribution >= 0.6 is 46.4 Å². The van der Waals surface area contributed by atoms with Gasteiger partial charge in [-0.25, -0.2) is 4.98 Å². The van der Waals surface area contributed by atoms with Crippen molar-refractivity contribution in [1.29, 1.82) is 0 Å². The summed E-state index contributed by atoms with van der Waals surface area (Å²) in [6, 6.07) is 9.41. The minimum atomic E-state index is 0.111. The van der Waals surface area contributed by atoms with Crippen molar-refractivity contribution in [2.24, 2.45) is 0 Å². The molecular formula is C11H6Cl4N2. The molecule has 2 aromatic rings. The van der Waals surface area contributed by atoms with Gasteiger partial charge in [0, 0.05) is 5.69 Å². The fraction of sp³-hybridized carbons (Fsp3) is 0. The molecule has 2 rings (SSSR count). The van der Waals surface area contributed by atoms with E-state index in [9.17, 15) is 0 Å². The maximum absolute atomic E-state index is 6.02. The average molecular weight is 308 g/mol. The third-order valence-corrected chi connectivity index (χ3v) is 3.52. The van der Waals surface area contributed by atoms with Crippen LogP contribution in [0.25, 0.3) is 0 Å². The van der Waals surface area contributed by atoms with E-state index in [4.69, 9.17) is 46.4 Å². The molecule has 0 unspecified atom stereocenters. The molecule has 0 aliphatic rings. The minimum Gasteiger partial charge on any atom is -0.353 e. The van der Waals surface area contributed by atoms with Crippen molar-refractivity contribution in [3.8, 4) is 0 Å². The zero-order chi connectivity index (χ0) is 12.4. The molecule has 0 atom stereocenters. The lowest BCUT2D eigenvalue weighted by Gasteiger charge is -2.11. The first kappa shape index (κ1) is 12.8. The van der Waals surface area contributed by atoms with Crippen molar-refractivity contribution in [3.63, 3.8) is 0 Å². The number of benzene rings is 1. The van der Waals surface area contributed by atoms with E-state index in [1.54, 1.807) is 0 Å². The maximum Gasteiger partial charge on any atom is 0.151 e. The summed E-state index contributed by atoms with van der Waals surface area (Å²) in [7, 11) is 0. The molecule has 0 bridgehead atoms. The number of rotatable bonds is 2. The number of nitrogens with one attached hydrogen (secondary N) is 1. The highest BCUT2D eigenvalue weighted by molar-refractivity contribution is 6.48. The van der Waals surface area contributed by atoms with Gasteiger partial charge in [-0.2, -0.15) is 0 Å². The van der Waals surface area contributed by atoms with E-state index in [0.29, 0.717) is 5.69 Å². The molecule has 0 aliphatic carbocycles. The van der Waals surface area contributed by atoms with Crippen molar-refractivity contribution in [2.45, 2.75) is 0 Å². The molecule has 1 aromatic carbocycles. The Morgan fingerprint density at radius 3 is 1.88 bits per heavy atom. The molecule has 17 heavy (non-hydrogen) atoms. The molecular weight excluding hydrogens is 302 g/mol. The van der Waals surface area contributed by atoms with E-state index < -0.39 is 0 Å². The van der Waals surface area contributed by atoms with Gasteiger partial charge in [-0.15, -0.1) is 0 Å². The molecule has 0 spiro atoms. The first-order valence-electron chi connectivity index (χ1n) is 4.61. The lowest BCUT2D eigenvalue weighted by Crippen LogP contribution is -1.95. The second-order valence-electron chi connectivity index (χ2n) is 3.19. The molecule has 0 aliphatic heterocycles. The number of hydrogen-bond donors (Lipinski definition) is 1. The van der Waals surface area contributed by atoms with Crippen LogP contribution in [0.1, 0.15) is 0 Å². The van der Waals surface area contributed by atoms with Gasteiger partial charge >= 0.3 is 0 Å². The molecule has 0 saturated carbocycles. The normalized spacial score (nSPS) is 10.4. The SMILES string of the molecule is Clc1nc(Cl)c(Cl)c(Nc2ccccc2)c1Cl. The van der Waals surface area contributed by atoms with Gasteiger partial charge < -0.3 is 5.32 Å². The molecule has 1 N–H and O–H groups in total.